The molecule has 0 bridgehead atoms. The number of nitrogens with zero attached hydrogens (tertiary/aromatic N) is 7. The van der Waals surface area contributed by atoms with E-state index in [0.29, 0.717) is 11.9 Å². The molecule has 9 nitrogen and oxygen atoms in total. The molecule has 2 aromatic heterocycles. The third-order valence-corrected chi connectivity index (χ3v) is 2.81. The number of rotatable bonds is 4. The highest BCUT2D eigenvalue weighted by Crippen LogP contribution is 2.20. The molecule has 0 aliphatic rings. The summed E-state index contributed by atoms with van der Waals surface area (Å²) in [4.78, 5) is 18.5. The second-order valence-corrected chi connectivity index (χ2v) is 4.14. The number of para-hydroxylation sites is 1. The van der Waals surface area contributed by atoms with Gasteiger partial charge >= 0.3 is 0 Å². The van der Waals surface area contributed by atoms with Gasteiger partial charge < -0.3 is 4.90 Å². The molecule has 106 valence electrons. The van der Waals surface area contributed by atoms with Crippen molar-refractivity contribution in [3.8, 4) is 5.95 Å². The minimum atomic E-state index is 0.244. The molecule has 0 spiro atoms. The van der Waals surface area contributed by atoms with E-state index >= 15 is 0 Å². The van der Waals surface area contributed by atoms with Crippen LogP contribution in [0.2, 0.25) is 0 Å². The predicted molar refractivity (Wildman–Crippen MR) is 77.1 cm³/mol. The molecule has 3 rings (SSSR count). The largest absolute Gasteiger partial charge is 0.313 e. The van der Waals surface area contributed by atoms with Crippen LogP contribution in [0.3, 0.4) is 0 Å². The maximum Gasteiger partial charge on any atom is 0.258 e. The third-order valence-electron chi connectivity index (χ3n) is 2.81. The van der Waals surface area contributed by atoms with E-state index in [1.54, 1.807) is 0 Å². The second-order valence-electron chi connectivity index (χ2n) is 4.14. The number of aromatic nitrogens is 6. The summed E-state index contributed by atoms with van der Waals surface area (Å²) in [5.41, 5.74) is 3.37. The lowest BCUT2D eigenvalue weighted by Crippen LogP contribution is -2.19. The van der Waals surface area contributed by atoms with Crippen LogP contribution in [0.15, 0.2) is 43.0 Å². The van der Waals surface area contributed by atoms with E-state index in [-0.39, 0.29) is 5.95 Å². The lowest BCUT2D eigenvalue weighted by atomic mass is 10.3. The molecule has 0 atom stereocenters. The van der Waals surface area contributed by atoms with Crippen molar-refractivity contribution in [1.82, 2.24) is 29.7 Å². The molecule has 0 amide bonds. The smallest absolute Gasteiger partial charge is 0.258 e. The van der Waals surface area contributed by atoms with Gasteiger partial charge in [0.2, 0.25) is 11.9 Å². The fourth-order valence-electron chi connectivity index (χ4n) is 1.75. The molecular formula is C12H13N9. The summed E-state index contributed by atoms with van der Waals surface area (Å²) in [6, 6.07) is 9.72. The van der Waals surface area contributed by atoms with Crippen LogP contribution in [0.25, 0.3) is 5.95 Å². The Morgan fingerprint density at radius 3 is 2.62 bits per heavy atom. The zero-order valence-corrected chi connectivity index (χ0v) is 11.2. The average Bonchev–Trinajstić information content (AvgIpc) is 3.09. The number of hydrogen-bond acceptors (Lipinski definition) is 8. The number of hydrogen-bond donors (Lipinski definition) is 2. The highest BCUT2D eigenvalue weighted by atomic mass is 15.4. The van der Waals surface area contributed by atoms with Crippen molar-refractivity contribution in [3.05, 3.63) is 43.0 Å². The molecule has 0 saturated heterocycles. The molecule has 0 saturated carbocycles. The lowest BCUT2D eigenvalue weighted by molar-refractivity contribution is 0.790. The Labute approximate surface area is 120 Å². The van der Waals surface area contributed by atoms with Crippen molar-refractivity contribution < 1.29 is 0 Å². The van der Waals surface area contributed by atoms with Crippen LogP contribution in [-0.4, -0.2) is 36.8 Å². The number of benzene rings is 1. The first-order valence-electron chi connectivity index (χ1n) is 6.14. The Hall–Kier alpha value is -3.07. The molecule has 0 aliphatic heterocycles. The lowest BCUT2D eigenvalue weighted by Gasteiger charge is -2.17. The summed E-state index contributed by atoms with van der Waals surface area (Å²) in [6.45, 7) is 0. The first kappa shape index (κ1) is 12.9. The molecule has 0 aliphatic carbocycles. The molecule has 3 N–H and O–H groups in total. The molecule has 2 heterocycles. The van der Waals surface area contributed by atoms with E-state index in [1.165, 1.54) is 17.3 Å². The van der Waals surface area contributed by atoms with Crippen LogP contribution in [0, 0.1) is 0 Å². The number of anilines is 3. The summed E-state index contributed by atoms with van der Waals surface area (Å²) >= 11 is 0. The minimum absolute atomic E-state index is 0.244. The van der Waals surface area contributed by atoms with Gasteiger partial charge in [0.15, 0.2) is 0 Å². The zero-order chi connectivity index (χ0) is 14.7. The van der Waals surface area contributed by atoms with E-state index < -0.39 is 0 Å². The van der Waals surface area contributed by atoms with Crippen LogP contribution in [0.4, 0.5) is 17.6 Å². The first-order valence-corrected chi connectivity index (χ1v) is 6.14. The van der Waals surface area contributed by atoms with Gasteiger partial charge in [-0.15, -0.1) is 0 Å². The molecule has 21 heavy (non-hydrogen) atoms. The first-order chi connectivity index (χ1) is 10.3. The maximum atomic E-state index is 5.41. The average molecular weight is 283 g/mol. The standard InChI is InChI=1S/C12H13N9/c1-20(9-5-3-2-4-6-9)11-16-10(19-13)17-12(18-11)21-8-14-7-15-21/h2-8H,13H2,1H3,(H,16,17,18,19). The van der Waals surface area contributed by atoms with Crippen molar-refractivity contribution >= 4 is 17.6 Å². The quantitative estimate of drug-likeness (QED) is 0.526. The number of nitrogen functional groups attached to an aromatic ring is 1. The fraction of sp³-hybridized carbons (Fsp3) is 0.0833. The van der Waals surface area contributed by atoms with Crippen molar-refractivity contribution in [2.24, 2.45) is 5.84 Å². The Morgan fingerprint density at radius 2 is 1.95 bits per heavy atom. The Morgan fingerprint density at radius 1 is 1.14 bits per heavy atom. The van der Waals surface area contributed by atoms with E-state index in [0.717, 1.165) is 5.69 Å². The van der Waals surface area contributed by atoms with Gasteiger partial charge in [-0.1, -0.05) is 18.2 Å². The second kappa shape index (κ2) is 5.51. The third kappa shape index (κ3) is 2.62. The summed E-state index contributed by atoms with van der Waals surface area (Å²) in [5, 5.41) is 4.00. The van der Waals surface area contributed by atoms with Gasteiger partial charge in [0.1, 0.15) is 12.7 Å². The SMILES string of the molecule is CN(c1ccccc1)c1nc(NN)nc(-n2cncn2)n1. The van der Waals surface area contributed by atoms with Crippen molar-refractivity contribution in [1.29, 1.82) is 0 Å². The van der Waals surface area contributed by atoms with Crippen LogP contribution in [0.5, 0.6) is 0 Å². The van der Waals surface area contributed by atoms with Crippen LogP contribution < -0.4 is 16.2 Å². The fourth-order valence-corrected chi connectivity index (χ4v) is 1.75. The summed E-state index contributed by atoms with van der Waals surface area (Å²) in [6.07, 6.45) is 2.90. The molecule has 0 unspecified atom stereocenters. The topological polar surface area (TPSA) is 111 Å². The van der Waals surface area contributed by atoms with Crippen LogP contribution in [-0.2, 0) is 0 Å². The Kier molecular flexibility index (Phi) is 3.39. The zero-order valence-electron chi connectivity index (χ0n) is 11.2. The van der Waals surface area contributed by atoms with Gasteiger partial charge in [0.05, 0.1) is 0 Å². The van der Waals surface area contributed by atoms with Gasteiger partial charge in [0, 0.05) is 12.7 Å². The number of nitrogens with one attached hydrogen (secondary N) is 1. The molecule has 3 aromatic rings. The van der Waals surface area contributed by atoms with E-state index in [2.05, 4.69) is 30.5 Å². The molecule has 0 radical (unpaired) electrons. The normalized spacial score (nSPS) is 10.4. The maximum absolute atomic E-state index is 5.41. The minimum Gasteiger partial charge on any atom is -0.313 e. The van der Waals surface area contributed by atoms with Gasteiger partial charge in [0.25, 0.3) is 5.95 Å². The molecule has 9 heteroatoms. The van der Waals surface area contributed by atoms with E-state index in [4.69, 9.17) is 5.84 Å². The highest BCUT2D eigenvalue weighted by molar-refractivity contribution is 5.57. The van der Waals surface area contributed by atoms with Crippen LogP contribution >= 0.6 is 0 Å². The van der Waals surface area contributed by atoms with Crippen molar-refractivity contribution in [2.75, 3.05) is 17.4 Å². The Balaban J connectivity index is 2.04. The van der Waals surface area contributed by atoms with Crippen molar-refractivity contribution in [2.45, 2.75) is 0 Å². The number of hydrazine groups is 1. The van der Waals surface area contributed by atoms with Gasteiger partial charge in [-0.05, 0) is 12.1 Å². The van der Waals surface area contributed by atoms with Crippen molar-refractivity contribution in [3.63, 3.8) is 0 Å². The summed E-state index contributed by atoms with van der Waals surface area (Å²) in [7, 11) is 1.86. The van der Waals surface area contributed by atoms with Crippen LogP contribution in [0.1, 0.15) is 0 Å². The summed E-state index contributed by atoms with van der Waals surface area (Å²) < 4.78 is 1.44. The van der Waals surface area contributed by atoms with E-state index in [1.807, 2.05) is 42.3 Å². The molecular weight excluding hydrogens is 270 g/mol. The van der Waals surface area contributed by atoms with Gasteiger partial charge in [-0.2, -0.15) is 24.7 Å². The monoisotopic (exact) mass is 283 g/mol. The van der Waals surface area contributed by atoms with Gasteiger partial charge in [-0.25, -0.2) is 10.8 Å². The van der Waals surface area contributed by atoms with E-state index in [9.17, 15) is 0 Å². The predicted octanol–water partition coefficient (Wildman–Crippen LogP) is 0.506. The number of nitrogens with two attached hydrogens (primary N) is 1. The Bertz CT molecular complexity index is 711. The molecule has 0 fully saturated rings. The highest BCUT2D eigenvalue weighted by Gasteiger charge is 2.12. The molecule has 1 aromatic carbocycles. The van der Waals surface area contributed by atoms with Gasteiger partial charge in [-0.3, -0.25) is 5.43 Å². The summed E-state index contributed by atoms with van der Waals surface area (Å²) in [5.74, 6) is 6.42.